The van der Waals surface area contributed by atoms with E-state index in [0.717, 1.165) is 28.8 Å². The number of benzene rings is 3. The molecular weight excluding hydrogens is 450 g/mol. The fourth-order valence-corrected chi connectivity index (χ4v) is 6.37. The van der Waals surface area contributed by atoms with E-state index in [4.69, 9.17) is 0 Å². The summed E-state index contributed by atoms with van der Waals surface area (Å²) >= 11 is 0. The van der Waals surface area contributed by atoms with E-state index in [1.165, 1.54) is 6.07 Å². The highest BCUT2D eigenvalue weighted by Gasteiger charge is 2.40. The number of sulfonamides is 1. The number of fused-ring (bicyclic) bond motifs is 3. The number of nitrogens with zero attached hydrogens (tertiary/aromatic N) is 1. The van der Waals surface area contributed by atoms with Crippen LogP contribution in [0.25, 0.3) is 0 Å². The molecule has 8 heteroatoms. The summed E-state index contributed by atoms with van der Waals surface area (Å²) in [7, 11) is -3.80. The number of para-hydroxylation sites is 2. The third kappa shape index (κ3) is 3.74. The Hall–Kier alpha value is -3.65. The molecule has 1 aliphatic carbocycles. The molecule has 0 aromatic heterocycles. The van der Waals surface area contributed by atoms with Gasteiger partial charge in [0.2, 0.25) is 0 Å². The Morgan fingerprint density at radius 3 is 2.47 bits per heavy atom. The molecule has 7 nitrogen and oxygen atoms in total. The summed E-state index contributed by atoms with van der Waals surface area (Å²) in [5.74, 6) is 0.0227. The number of nitro groups is 1. The van der Waals surface area contributed by atoms with Crippen LogP contribution < -0.4 is 10.0 Å². The van der Waals surface area contributed by atoms with Crippen molar-refractivity contribution in [2.45, 2.75) is 37.1 Å². The second kappa shape index (κ2) is 8.29. The fraction of sp³-hybridized carbons (Fsp3) is 0.231. The van der Waals surface area contributed by atoms with Gasteiger partial charge >= 0.3 is 0 Å². The van der Waals surface area contributed by atoms with Crippen LogP contribution in [0.5, 0.6) is 0 Å². The van der Waals surface area contributed by atoms with E-state index in [0.29, 0.717) is 11.3 Å². The van der Waals surface area contributed by atoms with Crippen molar-refractivity contribution < 1.29 is 13.3 Å². The summed E-state index contributed by atoms with van der Waals surface area (Å²) in [5, 5.41) is 15.1. The van der Waals surface area contributed by atoms with Gasteiger partial charge in [-0.2, -0.15) is 0 Å². The molecule has 0 spiro atoms. The molecule has 2 N–H and O–H groups in total. The minimum Gasteiger partial charge on any atom is -0.377 e. The Morgan fingerprint density at radius 1 is 1.00 bits per heavy atom. The maximum Gasteiger partial charge on any atom is 0.274 e. The lowest BCUT2D eigenvalue weighted by Gasteiger charge is -2.37. The number of nitro benzene ring substituents is 1. The molecule has 34 heavy (non-hydrogen) atoms. The van der Waals surface area contributed by atoms with Gasteiger partial charge < -0.3 is 5.32 Å². The fourth-order valence-electron chi connectivity index (χ4n) is 5.13. The molecule has 0 unspecified atom stereocenters. The van der Waals surface area contributed by atoms with Gasteiger partial charge in [-0.05, 0) is 61.1 Å². The number of allylic oxidation sites excluding steroid dienone is 2. The van der Waals surface area contributed by atoms with Crippen molar-refractivity contribution in [1.29, 1.82) is 0 Å². The minimum absolute atomic E-state index is 0.0311. The predicted octanol–water partition coefficient (Wildman–Crippen LogP) is 5.84. The van der Waals surface area contributed by atoms with Gasteiger partial charge in [0.15, 0.2) is 0 Å². The molecule has 3 aromatic carbocycles. The molecule has 0 radical (unpaired) electrons. The van der Waals surface area contributed by atoms with Crippen LogP contribution in [0, 0.1) is 29.9 Å². The first-order valence-corrected chi connectivity index (χ1v) is 12.6. The standard InChI is InChI=1S/C26H25N3O4S/c1-16-7-5-8-17(2)25(16)28-34(32,33)18-13-14-23-22(15-18)19-10-6-11-20(19)26(27-23)21-9-3-4-12-24(21)29(30)31/h3-10,12-15,19-20,26-28H,11H2,1-2H3/t19-,20+,26-/m0/s1. The number of nitrogens with one attached hydrogen (secondary N) is 2. The highest BCUT2D eigenvalue weighted by molar-refractivity contribution is 7.92. The molecule has 2 aliphatic rings. The normalized spacial score (nSPS) is 20.8. The molecule has 3 atom stereocenters. The maximum atomic E-state index is 13.3. The summed E-state index contributed by atoms with van der Waals surface area (Å²) in [6, 6.07) is 17.3. The number of hydrogen-bond acceptors (Lipinski definition) is 5. The summed E-state index contributed by atoms with van der Waals surface area (Å²) in [4.78, 5) is 11.5. The van der Waals surface area contributed by atoms with E-state index in [-0.39, 0.29) is 33.4 Å². The third-order valence-corrected chi connectivity index (χ3v) is 8.18. The van der Waals surface area contributed by atoms with Crippen LogP contribution >= 0.6 is 0 Å². The van der Waals surface area contributed by atoms with Crippen LogP contribution in [0.1, 0.15) is 40.6 Å². The van der Waals surface area contributed by atoms with Gasteiger partial charge in [0.1, 0.15) is 0 Å². The summed E-state index contributed by atoms with van der Waals surface area (Å²) in [6.07, 6.45) is 4.91. The minimum atomic E-state index is -3.80. The Kier molecular flexibility index (Phi) is 5.40. The van der Waals surface area contributed by atoms with Gasteiger partial charge in [-0.3, -0.25) is 14.8 Å². The highest BCUT2D eigenvalue weighted by Crippen LogP contribution is 2.51. The zero-order chi connectivity index (χ0) is 24.0. The predicted molar refractivity (Wildman–Crippen MR) is 133 cm³/mol. The lowest BCUT2D eigenvalue weighted by molar-refractivity contribution is -0.385. The van der Waals surface area contributed by atoms with Crippen molar-refractivity contribution in [3.63, 3.8) is 0 Å². The number of rotatable bonds is 5. The molecule has 174 valence electrons. The smallest absolute Gasteiger partial charge is 0.274 e. The average molecular weight is 476 g/mol. The molecule has 1 heterocycles. The molecule has 0 saturated carbocycles. The van der Waals surface area contributed by atoms with Crippen LogP contribution in [0.4, 0.5) is 17.1 Å². The quantitative estimate of drug-likeness (QED) is 0.274. The van der Waals surface area contributed by atoms with Gasteiger partial charge in [0.25, 0.3) is 15.7 Å². The van der Waals surface area contributed by atoms with Gasteiger partial charge in [-0.1, -0.05) is 48.6 Å². The van der Waals surface area contributed by atoms with E-state index >= 15 is 0 Å². The molecular formula is C26H25N3O4S. The topological polar surface area (TPSA) is 101 Å². The highest BCUT2D eigenvalue weighted by atomic mass is 32.2. The zero-order valence-electron chi connectivity index (χ0n) is 18.9. The van der Waals surface area contributed by atoms with E-state index in [2.05, 4.69) is 22.2 Å². The van der Waals surface area contributed by atoms with Gasteiger partial charge in [0.05, 0.1) is 27.1 Å². The van der Waals surface area contributed by atoms with E-state index in [1.54, 1.807) is 30.3 Å². The zero-order valence-corrected chi connectivity index (χ0v) is 19.7. The van der Waals surface area contributed by atoms with Crippen LogP contribution in [-0.2, 0) is 10.0 Å². The Labute approximate surface area is 198 Å². The second-order valence-electron chi connectivity index (χ2n) is 8.91. The van der Waals surface area contributed by atoms with Gasteiger partial charge in [-0.15, -0.1) is 0 Å². The molecule has 0 fully saturated rings. The van der Waals surface area contributed by atoms with Crippen molar-refractivity contribution in [1.82, 2.24) is 0 Å². The second-order valence-corrected chi connectivity index (χ2v) is 10.6. The lowest BCUT2D eigenvalue weighted by atomic mass is 9.76. The third-order valence-electron chi connectivity index (χ3n) is 6.83. The van der Waals surface area contributed by atoms with Crippen molar-refractivity contribution in [2.24, 2.45) is 5.92 Å². The monoisotopic (exact) mass is 475 g/mol. The first kappa shape index (κ1) is 22.2. The van der Waals surface area contributed by atoms with E-state index < -0.39 is 10.0 Å². The van der Waals surface area contributed by atoms with Crippen LogP contribution in [0.15, 0.2) is 77.7 Å². The van der Waals surface area contributed by atoms with Crippen molar-refractivity contribution in [2.75, 3.05) is 10.0 Å². The Morgan fingerprint density at radius 2 is 1.74 bits per heavy atom. The molecule has 0 saturated heterocycles. The molecule has 0 bridgehead atoms. The van der Waals surface area contributed by atoms with Crippen molar-refractivity contribution in [3.05, 3.63) is 105 Å². The van der Waals surface area contributed by atoms with E-state index in [9.17, 15) is 18.5 Å². The molecule has 0 amide bonds. The SMILES string of the molecule is Cc1cccc(C)c1NS(=O)(=O)c1ccc2c(c1)[C@H]1C=CC[C@H]1[C@@H](c1ccccc1[N+](=O)[O-])N2. The summed E-state index contributed by atoms with van der Waals surface area (Å²) in [6.45, 7) is 3.75. The first-order valence-electron chi connectivity index (χ1n) is 11.2. The summed E-state index contributed by atoms with van der Waals surface area (Å²) in [5.41, 5.74) is 4.72. The van der Waals surface area contributed by atoms with E-state index in [1.807, 2.05) is 38.1 Å². The first-order chi connectivity index (χ1) is 16.3. The molecule has 3 aromatic rings. The Balaban J connectivity index is 1.53. The Bertz CT molecular complexity index is 1410. The summed E-state index contributed by atoms with van der Waals surface area (Å²) < 4.78 is 29.3. The maximum absolute atomic E-state index is 13.3. The number of hydrogen-bond donors (Lipinski definition) is 2. The van der Waals surface area contributed by atoms with Crippen molar-refractivity contribution in [3.8, 4) is 0 Å². The average Bonchev–Trinajstić information content (AvgIpc) is 3.31. The van der Waals surface area contributed by atoms with Crippen LogP contribution in [-0.4, -0.2) is 13.3 Å². The number of aryl methyl sites for hydroxylation is 2. The van der Waals surface area contributed by atoms with Gasteiger partial charge in [0, 0.05) is 17.7 Å². The molecule has 1 aliphatic heterocycles. The molecule has 5 rings (SSSR count). The van der Waals surface area contributed by atoms with Crippen molar-refractivity contribution >= 4 is 27.1 Å². The number of anilines is 2. The van der Waals surface area contributed by atoms with Gasteiger partial charge in [-0.25, -0.2) is 8.42 Å². The van der Waals surface area contributed by atoms with Crippen LogP contribution in [0.2, 0.25) is 0 Å². The largest absolute Gasteiger partial charge is 0.377 e. The lowest BCUT2D eigenvalue weighted by Crippen LogP contribution is -2.30. The van der Waals surface area contributed by atoms with Crippen LogP contribution in [0.3, 0.4) is 0 Å².